The van der Waals surface area contributed by atoms with Crippen LogP contribution in [-0.4, -0.2) is 15.9 Å². The summed E-state index contributed by atoms with van der Waals surface area (Å²) in [6, 6.07) is 7.75. The summed E-state index contributed by atoms with van der Waals surface area (Å²) in [4.78, 5) is 15.5. The molecule has 110 valence electrons. The maximum Gasteiger partial charge on any atom is 0.354 e. The molecule has 0 saturated heterocycles. The van der Waals surface area contributed by atoms with Gasteiger partial charge in [0.2, 0.25) is 5.78 Å². The molecule has 1 aromatic carbocycles. The zero-order valence-corrected chi connectivity index (χ0v) is 13.0. The molecular weight excluding hydrogens is 308 g/mol. The van der Waals surface area contributed by atoms with Gasteiger partial charge in [-0.05, 0) is 17.4 Å². The Hall–Kier alpha value is -1.92. The summed E-state index contributed by atoms with van der Waals surface area (Å²) in [7, 11) is 0. The second-order valence-corrected chi connectivity index (χ2v) is 5.61. The molecule has 0 spiro atoms. The number of halogens is 1. The molecule has 0 amide bonds. The van der Waals surface area contributed by atoms with Crippen LogP contribution in [0.3, 0.4) is 0 Å². The Balaban J connectivity index is 0.00000161. The molecule has 3 N–H and O–H groups in total. The molecule has 0 unspecified atom stereocenters. The molecule has 0 aliphatic carbocycles. The quantitative estimate of drug-likeness (QED) is 0.475. The third-order valence-electron chi connectivity index (χ3n) is 3.19. The van der Waals surface area contributed by atoms with E-state index in [1.165, 1.54) is 11.3 Å². The van der Waals surface area contributed by atoms with Crippen molar-refractivity contribution in [3.8, 4) is 0 Å². The van der Waals surface area contributed by atoms with Gasteiger partial charge in [-0.1, -0.05) is 30.2 Å². The number of nitrogens with two attached hydrogens (primary N) is 1. The van der Waals surface area contributed by atoms with Gasteiger partial charge in [0.25, 0.3) is 0 Å². The van der Waals surface area contributed by atoms with Crippen molar-refractivity contribution < 1.29 is 21.9 Å². The van der Waals surface area contributed by atoms with E-state index in [1.54, 1.807) is 10.9 Å². The number of hydrogen-bond donors (Lipinski definition) is 2. The Kier molecular flexibility index (Phi) is 4.59. The number of carbonyl (C=O) groups excluding carboxylic acids is 1. The van der Waals surface area contributed by atoms with Gasteiger partial charge < -0.3 is 17.4 Å². The maximum atomic E-state index is 12.4. The number of aromatic nitrogens is 3. The zero-order chi connectivity index (χ0) is 14.1. The minimum absolute atomic E-state index is 0. The first-order valence-electron chi connectivity index (χ1n) is 6.43. The minimum atomic E-state index is 0. The van der Waals surface area contributed by atoms with Crippen molar-refractivity contribution in [3.05, 3.63) is 41.0 Å². The van der Waals surface area contributed by atoms with Gasteiger partial charge in [-0.25, -0.2) is 0 Å². The van der Waals surface area contributed by atoms with E-state index < -0.39 is 0 Å². The number of aromatic amines is 1. The van der Waals surface area contributed by atoms with E-state index in [4.69, 9.17) is 5.73 Å². The van der Waals surface area contributed by atoms with Gasteiger partial charge in [0.15, 0.2) is 6.54 Å². The highest BCUT2D eigenvalue weighted by Crippen LogP contribution is 2.18. The van der Waals surface area contributed by atoms with Gasteiger partial charge in [-0.3, -0.25) is 10.5 Å². The molecule has 2 heterocycles. The van der Waals surface area contributed by atoms with Gasteiger partial charge in [0.1, 0.15) is 5.01 Å². The number of nitrogens with one attached hydrogen (secondary N) is 1. The number of nitrogens with zero attached hydrogens (tertiary/aromatic N) is 2. The Labute approximate surface area is 132 Å². The Morgan fingerprint density at radius 2 is 2.19 bits per heavy atom. The van der Waals surface area contributed by atoms with Crippen LogP contribution in [0.25, 0.3) is 10.9 Å². The van der Waals surface area contributed by atoms with Crippen molar-refractivity contribution in [2.75, 3.05) is 5.73 Å². The first-order valence-corrected chi connectivity index (χ1v) is 7.25. The number of aryl methyl sites for hydroxylation is 1. The second-order valence-electron chi connectivity index (χ2n) is 4.52. The average molecular weight is 323 g/mol. The van der Waals surface area contributed by atoms with Crippen LogP contribution < -0.4 is 22.8 Å². The number of rotatable bonds is 4. The number of fused-ring (bicyclic) bond motifs is 1. The first kappa shape index (κ1) is 15.5. The Morgan fingerprint density at radius 3 is 2.90 bits per heavy atom. The van der Waals surface area contributed by atoms with E-state index in [0.29, 0.717) is 10.7 Å². The summed E-state index contributed by atoms with van der Waals surface area (Å²) < 4.78 is 1.58. The van der Waals surface area contributed by atoms with E-state index in [2.05, 4.69) is 10.1 Å². The third-order valence-corrected chi connectivity index (χ3v) is 4.22. The molecule has 0 saturated carbocycles. The van der Waals surface area contributed by atoms with Crippen LogP contribution in [0, 0.1) is 0 Å². The first-order chi connectivity index (χ1) is 9.69. The molecule has 7 heteroatoms. The van der Waals surface area contributed by atoms with Crippen LogP contribution in [0.4, 0.5) is 5.13 Å². The van der Waals surface area contributed by atoms with Gasteiger partial charge in [0, 0.05) is 29.1 Å². The molecular formula is C14H15ClN4OS. The lowest BCUT2D eigenvalue weighted by atomic mass is 10.1. The largest absolute Gasteiger partial charge is 1.00 e. The van der Waals surface area contributed by atoms with Crippen molar-refractivity contribution in [3.63, 3.8) is 0 Å². The third kappa shape index (κ3) is 2.91. The summed E-state index contributed by atoms with van der Waals surface area (Å²) in [6.07, 6.45) is 2.57. The lowest BCUT2D eigenvalue weighted by Crippen LogP contribution is -3.00. The van der Waals surface area contributed by atoms with E-state index in [-0.39, 0.29) is 24.7 Å². The number of benzene rings is 1. The van der Waals surface area contributed by atoms with Crippen LogP contribution in [0.1, 0.15) is 22.3 Å². The molecule has 0 aliphatic rings. The Morgan fingerprint density at radius 1 is 1.43 bits per heavy atom. The highest BCUT2D eigenvalue weighted by atomic mass is 35.5. The summed E-state index contributed by atoms with van der Waals surface area (Å²) in [5, 5.41) is 6.77. The normalized spacial score (nSPS) is 10.5. The lowest BCUT2D eigenvalue weighted by Gasteiger charge is -1.96. The predicted molar refractivity (Wildman–Crippen MR) is 78.7 cm³/mol. The van der Waals surface area contributed by atoms with Crippen molar-refractivity contribution in [2.24, 2.45) is 0 Å². The number of ketones is 1. The number of nitrogen functional groups attached to an aromatic ring is 1. The molecule has 5 nitrogen and oxygen atoms in total. The molecule has 2 aromatic heterocycles. The number of para-hydroxylation sites is 1. The fourth-order valence-corrected chi connectivity index (χ4v) is 2.89. The standard InChI is InChI=1S/C14H14N4OS.ClH/c1-2-13-17-18(14(15)20-13)8-12(19)10-7-16-11-6-4-3-5-9(10)11;/h3-7,15H,2,8H2,1H3,(H,16,19);1H. The van der Waals surface area contributed by atoms with E-state index >= 15 is 0 Å². The second kappa shape index (κ2) is 6.24. The van der Waals surface area contributed by atoms with Crippen LogP contribution in [-0.2, 0) is 13.0 Å². The van der Waals surface area contributed by atoms with Crippen LogP contribution in [0.15, 0.2) is 30.5 Å². The lowest BCUT2D eigenvalue weighted by molar-refractivity contribution is -0.723. The summed E-state index contributed by atoms with van der Waals surface area (Å²) >= 11 is 1.43. The van der Waals surface area contributed by atoms with Gasteiger partial charge >= 0.3 is 5.13 Å². The molecule has 0 radical (unpaired) electrons. The molecule has 0 bridgehead atoms. The maximum absolute atomic E-state index is 12.4. The molecule has 0 aliphatic heterocycles. The monoisotopic (exact) mass is 322 g/mol. The average Bonchev–Trinajstić information content (AvgIpc) is 3.03. The minimum Gasteiger partial charge on any atom is -1.00 e. The molecule has 0 atom stereocenters. The van der Waals surface area contributed by atoms with Crippen LogP contribution in [0.5, 0.6) is 0 Å². The molecule has 0 fully saturated rings. The zero-order valence-electron chi connectivity index (χ0n) is 11.5. The van der Waals surface area contributed by atoms with Crippen molar-refractivity contribution in [1.82, 2.24) is 10.1 Å². The number of carbonyl (C=O) groups is 1. The molecule has 3 aromatic rings. The van der Waals surface area contributed by atoms with Crippen molar-refractivity contribution in [2.45, 2.75) is 19.9 Å². The summed E-state index contributed by atoms with van der Waals surface area (Å²) in [5.74, 6) is 0.00658. The smallest absolute Gasteiger partial charge is 0.354 e. The highest BCUT2D eigenvalue weighted by molar-refractivity contribution is 7.14. The van der Waals surface area contributed by atoms with E-state index in [1.807, 2.05) is 31.2 Å². The summed E-state index contributed by atoms with van der Waals surface area (Å²) in [6.45, 7) is 2.19. The van der Waals surface area contributed by atoms with Gasteiger partial charge in [-0.2, -0.15) is 0 Å². The number of hydrogen-bond acceptors (Lipinski definition) is 4. The fourth-order valence-electron chi connectivity index (χ4n) is 2.16. The fraction of sp³-hybridized carbons (Fsp3) is 0.214. The van der Waals surface area contributed by atoms with E-state index in [9.17, 15) is 4.79 Å². The number of anilines is 1. The van der Waals surface area contributed by atoms with Crippen molar-refractivity contribution in [1.29, 1.82) is 0 Å². The number of H-pyrrole nitrogens is 1. The van der Waals surface area contributed by atoms with Crippen molar-refractivity contribution >= 4 is 33.2 Å². The van der Waals surface area contributed by atoms with Crippen LogP contribution >= 0.6 is 11.3 Å². The topological polar surface area (TPSA) is 75.7 Å². The predicted octanol–water partition coefficient (Wildman–Crippen LogP) is -1.06. The van der Waals surface area contributed by atoms with Crippen LogP contribution in [0.2, 0.25) is 0 Å². The van der Waals surface area contributed by atoms with Gasteiger partial charge in [-0.15, -0.1) is 4.68 Å². The summed E-state index contributed by atoms with van der Waals surface area (Å²) in [5.41, 5.74) is 7.53. The Bertz CT molecular complexity index is 780. The number of Topliss-reactive ketones (excluding diaryl/α,β-unsaturated/α-hetero) is 1. The SMILES string of the molecule is CCc1n[n+](CC(=O)c2c[nH]c3ccccc23)c(N)s1.[Cl-]. The molecule has 3 rings (SSSR count). The highest BCUT2D eigenvalue weighted by Gasteiger charge is 2.19. The van der Waals surface area contributed by atoms with Gasteiger partial charge in [0.05, 0.1) is 0 Å². The van der Waals surface area contributed by atoms with E-state index in [0.717, 1.165) is 22.3 Å². The molecule has 21 heavy (non-hydrogen) atoms.